The van der Waals surface area contributed by atoms with Gasteiger partial charge in [-0.05, 0) is 23.6 Å². The van der Waals surface area contributed by atoms with Crippen LogP contribution in [0.5, 0.6) is 0 Å². The van der Waals surface area contributed by atoms with Crippen molar-refractivity contribution in [2.45, 2.75) is 6.61 Å². The number of nitrogens with zero attached hydrogens (tertiary/aromatic N) is 2. The fourth-order valence-corrected chi connectivity index (χ4v) is 2.29. The van der Waals surface area contributed by atoms with Crippen molar-refractivity contribution < 1.29 is 14.1 Å². The minimum absolute atomic E-state index is 0.0720. The summed E-state index contributed by atoms with van der Waals surface area (Å²) in [5.74, 6) is 0.242. The molecular weight excluding hydrogens is 276 g/mol. The highest BCUT2D eigenvalue weighted by Gasteiger charge is 2.11. The average molecular weight is 286 g/mol. The molecule has 3 aromatic heterocycles. The molecule has 5 nitrogen and oxygen atoms in total. The van der Waals surface area contributed by atoms with Crippen LogP contribution in [0.1, 0.15) is 16.1 Å². The summed E-state index contributed by atoms with van der Waals surface area (Å²) in [6.45, 7) is 0.0720. The Morgan fingerprint density at radius 3 is 3.05 bits per heavy atom. The van der Waals surface area contributed by atoms with Crippen molar-refractivity contribution in [2.24, 2.45) is 0 Å². The lowest BCUT2D eigenvalue weighted by Gasteiger charge is -2.00. The topological polar surface area (TPSA) is 65.2 Å². The third-order valence-electron chi connectivity index (χ3n) is 2.57. The van der Waals surface area contributed by atoms with Crippen LogP contribution >= 0.6 is 11.3 Å². The molecule has 0 atom stereocenters. The van der Waals surface area contributed by atoms with E-state index in [2.05, 4.69) is 10.1 Å². The number of hydrogen-bond acceptors (Lipinski definition) is 6. The number of carbonyl (C=O) groups is 1. The minimum atomic E-state index is -0.432. The van der Waals surface area contributed by atoms with E-state index in [1.807, 2.05) is 17.5 Å². The van der Waals surface area contributed by atoms with Gasteiger partial charge < -0.3 is 9.26 Å². The van der Waals surface area contributed by atoms with E-state index in [-0.39, 0.29) is 6.61 Å². The number of pyridine rings is 1. The van der Waals surface area contributed by atoms with Crippen molar-refractivity contribution in [1.82, 2.24) is 10.1 Å². The maximum absolute atomic E-state index is 11.7. The van der Waals surface area contributed by atoms with E-state index in [1.54, 1.807) is 35.7 Å². The standard InChI is InChI=1S/C14H10N2O3S/c17-14(10-3-1-5-15-8-10)18-9-11-7-12(19-16-11)13-4-2-6-20-13/h1-8H,9H2. The Morgan fingerprint density at radius 2 is 2.30 bits per heavy atom. The van der Waals surface area contributed by atoms with Gasteiger partial charge in [-0.25, -0.2) is 4.79 Å². The van der Waals surface area contributed by atoms with Crippen LogP contribution in [0, 0.1) is 0 Å². The van der Waals surface area contributed by atoms with Crippen LogP contribution < -0.4 is 0 Å². The molecule has 0 bridgehead atoms. The molecule has 0 aliphatic rings. The highest BCUT2D eigenvalue weighted by atomic mass is 32.1. The maximum Gasteiger partial charge on any atom is 0.340 e. The van der Waals surface area contributed by atoms with Gasteiger partial charge in [0.1, 0.15) is 12.3 Å². The van der Waals surface area contributed by atoms with E-state index in [4.69, 9.17) is 9.26 Å². The molecule has 0 aromatic carbocycles. The summed E-state index contributed by atoms with van der Waals surface area (Å²) >= 11 is 1.56. The molecule has 0 N–H and O–H groups in total. The number of carbonyl (C=O) groups excluding carboxylic acids is 1. The lowest BCUT2D eigenvalue weighted by Crippen LogP contribution is -2.05. The molecule has 0 aliphatic heterocycles. The van der Waals surface area contributed by atoms with Gasteiger partial charge in [-0.15, -0.1) is 11.3 Å². The Kier molecular flexibility index (Phi) is 3.56. The maximum atomic E-state index is 11.7. The summed E-state index contributed by atoms with van der Waals surface area (Å²) < 4.78 is 10.4. The number of hydrogen-bond donors (Lipinski definition) is 0. The van der Waals surface area contributed by atoms with Gasteiger partial charge in [-0.1, -0.05) is 11.2 Å². The normalized spacial score (nSPS) is 10.4. The van der Waals surface area contributed by atoms with Crippen molar-refractivity contribution in [1.29, 1.82) is 0 Å². The molecule has 0 amide bonds. The Morgan fingerprint density at radius 1 is 1.35 bits per heavy atom. The van der Waals surface area contributed by atoms with Crippen molar-refractivity contribution in [3.8, 4) is 10.6 Å². The second-order valence-electron chi connectivity index (χ2n) is 3.98. The number of esters is 1. The fourth-order valence-electron chi connectivity index (χ4n) is 1.62. The quantitative estimate of drug-likeness (QED) is 0.689. The summed E-state index contributed by atoms with van der Waals surface area (Å²) in [6, 6.07) is 8.97. The summed E-state index contributed by atoms with van der Waals surface area (Å²) in [5.41, 5.74) is 0.986. The monoisotopic (exact) mass is 286 g/mol. The molecular formula is C14H10N2O3S. The summed E-state index contributed by atoms with van der Waals surface area (Å²) in [5, 5.41) is 5.83. The van der Waals surface area contributed by atoms with Gasteiger partial charge >= 0.3 is 5.97 Å². The first kappa shape index (κ1) is 12.6. The smallest absolute Gasteiger partial charge is 0.340 e. The van der Waals surface area contributed by atoms with Crippen LogP contribution in [0.15, 0.2) is 52.6 Å². The zero-order valence-electron chi connectivity index (χ0n) is 10.4. The fraction of sp³-hybridized carbons (Fsp3) is 0.0714. The van der Waals surface area contributed by atoms with Crippen molar-refractivity contribution >= 4 is 17.3 Å². The second-order valence-corrected chi connectivity index (χ2v) is 4.93. The van der Waals surface area contributed by atoms with Crippen LogP contribution in [0.2, 0.25) is 0 Å². The predicted octanol–water partition coefficient (Wildman–Crippen LogP) is 3.16. The van der Waals surface area contributed by atoms with Crippen molar-refractivity contribution in [3.63, 3.8) is 0 Å². The van der Waals surface area contributed by atoms with Crippen LogP contribution in [0.4, 0.5) is 0 Å². The third kappa shape index (κ3) is 2.75. The van der Waals surface area contributed by atoms with Gasteiger partial charge in [0, 0.05) is 18.5 Å². The van der Waals surface area contributed by atoms with Crippen molar-refractivity contribution in [2.75, 3.05) is 0 Å². The molecule has 3 aromatic rings. The van der Waals surface area contributed by atoms with E-state index >= 15 is 0 Å². The van der Waals surface area contributed by atoms with Crippen molar-refractivity contribution in [3.05, 3.63) is 59.4 Å². The van der Waals surface area contributed by atoms with Gasteiger partial charge in [-0.3, -0.25) is 4.98 Å². The van der Waals surface area contributed by atoms with Gasteiger partial charge in [0.15, 0.2) is 5.76 Å². The van der Waals surface area contributed by atoms with Gasteiger partial charge in [0.05, 0.1) is 10.4 Å². The Labute approximate surface area is 118 Å². The largest absolute Gasteiger partial charge is 0.455 e. The molecule has 6 heteroatoms. The number of ether oxygens (including phenoxy) is 1. The molecule has 0 unspecified atom stereocenters. The van der Waals surface area contributed by atoms with Crippen LogP contribution in [-0.4, -0.2) is 16.1 Å². The first-order chi connectivity index (χ1) is 9.83. The number of aromatic nitrogens is 2. The zero-order valence-corrected chi connectivity index (χ0v) is 11.2. The summed E-state index contributed by atoms with van der Waals surface area (Å²) in [7, 11) is 0. The van der Waals surface area contributed by atoms with E-state index < -0.39 is 5.97 Å². The number of thiophene rings is 1. The molecule has 0 fully saturated rings. The van der Waals surface area contributed by atoms with Gasteiger partial charge in [-0.2, -0.15) is 0 Å². The third-order valence-corrected chi connectivity index (χ3v) is 3.46. The zero-order chi connectivity index (χ0) is 13.8. The summed E-state index contributed by atoms with van der Waals surface area (Å²) in [4.78, 5) is 16.6. The van der Waals surface area contributed by atoms with Crippen LogP contribution in [-0.2, 0) is 11.3 Å². The average Bonchev–Trinajstić information content (AvgIpc) is 3.16. The Balaban J connectivity index is 1.63. The molecule has 0 spiro atoms. The molecule has 3 heterocycles. The molecule has 20 heavy (non-hydrogen) atoms. The molecule has 0 saturated carbocycles. The van der Waals surface area contributed by atoms with Gasteiger partial charge in [0.2, 0.25) is 0 Å². The molecule has 0 radical (unpaired) electrons. The van der Waals surface area contributed by atoms with E-state index in [1.165, 1.54) is 6.20 Å². The van der Waals surface area contributed by atoms with Gasteiger partial charge in [0.25, 0.3) is 0 Å². The molecule has 0 saturated heterocycles. The van der Waals surface area contributed by atoms with E-state index in [0.717, 1.165) is 4.88 Å². The lowest BCUT2D eigenvalue weighted by atomic mass is 10.3. The Hall–Kier alpha value is -2.47. The lowest BCUT2D eigenvalue weighted by molar-refractivity contribution is 0.0464. The first-order valence-corrected chi connectivity index (χ1v) is 6.77. The first-order valence-electron chi connectivity index (χ1n) is 5.89. The highest BCUT2D eigenvalue weighted by Crippen LogP contribution is 2.25. The summed E-state index contributed by atoms with van der Waals surface area (Å²) in [6.07, 6.45) is 3.06. The SMILES string of the molecule is O=C(OCc1cc(-c2cccs2)on1)c1cccnc1. The number of rotatable bonds is 4. The van der Waals surface area contributed by atoms with Crippen LogP contribution in [0.3, 0.4) is 0 Å². The highest BCUT2D eigenvalue weighted by molar-refractivity contribution is 7.13. The molecule has 0 aliphatic carbocycles. The van der Waals surface area contributed by atoms with Crippen LogP contribution in [0.25, 0.3) is 10.6 Å². The molecule has 100 valence electrons. The minimum Gasteiger partial charge on any atom is -0.455 e. The van der Waals surface area contributed by atoms with E-state index in [9.17, 15) is 4.79 Å². The molecule has 3 rings (SSSR count). The predicted molar refractivity (Wildman–Crippen MR) is 73.2 cm³/mol. The second kappa shape index (κ2) is 5.66. The Bertz CT molecular complexity index is 692. The van der Waals surface area contributed by atoms with E-state index in [0.29, 0.717) is 17.0 Å².